The molecule has 1 saturated carbocycles. The lowest BCUT2D eigenvalue weighted by molar-refractivity contribution is -0.154. The Hall–Kier alpha value is -1.31. The van der Waals surface area contributed by atoms with E-state index in [-0.39, 0.29) is 0 Å². The van der Waals surface area contributed by atoms with Crippen LogP contribution in [0.2, 0.25) is 0 Å². The Balaban J connectivity index is 2.30. The Morgan fingerprint density at radius 2 is 1.88 bits per heavy atom. The smallest absolute Gasteiger partial charge is 0.309 e. The zero-order valence-corrected chi connectivity index (χ0v) is 9.92. The SMILES string of the molecule is Cc1cccc(C)c1CC1(C(=O)O)CCC1. The summed E-state index contributed by atoms with van der Waals surface area (Å²) in [4.78, 5) is 11.3. The van der Waals surface area contributed by atoms with E-state index >= 15 is 0 Å². The number of carbonyl (C=O) groups is 1. The second-order valence-corrected chi connectivity index (χ2v) is 4.99. The van der Waals surface area contributed by atoms with E-state index in [0.717, 1.165) is 19.3 Å². The van der Waals surface area contributed by atoms with Crippen LogP contribution in [0.4, 0.5) is 0 Å². The Kier molecular flexibility index (Phi) is 2.75. The topological polar surface area (TPSA) is 37.3 Å². The summed E-state index contributed by atoms with van der Waals surface area (Å²) in [6, 6.07) is 6.16. The second-order valence-electron chi connectivity index (χ2n) is 4.99. The van der Waals surface area contributed by atoms with Gasteiger partial charge in [0.1, 0.15) is 0 Å². The van der Waals surface area contributed by atoms with Crippen molar-refractivity contribution < 1.29 is 9.90 Å². The molecule has 2 nitrogen and oxygen atoms in total. The van der Waals surface area contributed by atoms with E-state index in [2.05, 4.69) is 26.0 Å². The number of rotatable bonds is 3. The van der Waals surface area contributed by atoms with E-state index in [1.165, 1.54) is 16.7 Å². The summed E-state index contributed by atoms with van der Waals surface area (Å²) in [6.45, 7) is 4.13. The molecule has 0 amide bonds. The molecule has 1 aromatic carbocycles. The fourth-order valence-electron chi connectivity index (χ4n) is 2.54. The van der Waals surface area contributed by atoms with Crippen molar-refractivity contribution in [2.75, 3.05) is 0 Å². The van der Waals surface area contributed by atoms with Gasteiger partial charge in [0, 0.05) is 0 Å². The molecule has 86 valence electrons. The van der Waals surface area contributed by atoms with E-state index in [1.807, 2.05) is 6.07 Å². The van der Waals surface area contributed by atoms with Crippen LogP contribution in [0.5, 0.6) is 0 Å². The molecule has 0 unspecified atom stereocenters. The van der Waals surface area contributed by atoms with Crippen LogP contribution in [0.1, 0.15) is 36.0 Å². The van der Waals surface area contributed by atoms with Crippen molar-refractivity contribution in [3.05, 3.63) is 34.9 Å². The summed E-state index contributed by atoms with van der Waals surface area (Å²) in [5.74, 6) is -0.624. The van der Waals surface area contributed by atoms with Crippen LogP contribution in [-0.2, 0) is 11.2 Å². The van der Waals surface area contributed by atoms with Gasteiger partial charge in [0.05, 0.1) is 5.41 Å². The summed E-state index contributed by atoms with van der Waals surface area (Å²) in [5.41, 5.74) is 3.18. The Bertz CT molecular complexity index is 396. The second kappa shape index (κ2) is 3.93. The van der Waals surface area contributed by atoms with Gasteiger partial charge in [-0.25, -0.2) is 0 Å². The summed E-state index contributed by atoms with van der Waals surface area (Å²) < 4.78 is 0. The van der Waals surface area contributed by atoms with Crippen LogP contribution in [0.25, 0.3) is 0 Å². The van der Waals surface area contributed by atoms with Gasteiger partial charge in [-0.3, -0.25) is 4.79 Å². The molecule has 0 bridgehead atoms. The lowest BCUT2D eigenvalue weighted by Gasteiger charge is -2.38. The summed E-state index contributed by atoms with van der Waals surface area (Å²) in [7, 11) is 0. The van der Waals surface area contributed by atoms with E-state index in [4.69, 9.17) is 0 Å². The highest BCUT2D eigenvalue weighted by Crippen LogP contribution is 2.44. The molecule has 0 saturated heterocycles. The molecule has 1 N–H and O–H groups in total. The predicted molar refractivity (Wildman–Crippen MR) is 63.5 cm³/mol. The maximum absolute atomic E-state index is 11.3. The fourth-order valence-corrected chi connectivity index (χ4v) is 2.54. The van der Waals surface area contributed by atoms with Crippen LogP contribution in [-0.4, -0.2) is 11.1 Å². The van der Waals surface area contributed by atoms with Gasteiger partial charge in [0.25, 0.3) is 0 Å². The predicted octanol–water partition coefficient (Wildman–Crippen LogP) is 3.10. The van der Waals surface area contributed by atoms with Crippen molar-refractivity contribution in [2.24, 2.45) is 5.41 Å². The van der Waals surface area contributed by atoms with Crippen molar-refractivity contribution in [3.8, 4) is 0 Å². The van der Waals surface area contributed by atoms with Gasteiger partial charge >= 0.3 is 5.97 Å². The molecule has 0 aromatic heterocycles. The summed E-state index contributed by atoms with van der Waals surface area (Å²) in [5, 5.41) is 9.33. The standard InChI is InChI=1S/C14H18O2/c1-10-5-3-6-11(2)12(10)9-14(13(15)16)7-4-8-14/h3,5-6H,4,7-9H2,1-2H3,(H,15,16). The number of benzene rings is 1. The zero-order chi connectivity index (χ0) is 11.8. The number of hydrogen-bond acceptors (Lipinski definition) is 1. The van der Waals surface area contributed by atoms with Gasteiger partial charge in [0.15, 0.2) is 0 Å². The van der Waals surface area contributed by atoms with Crippen LogP contribution in [0, 0.1) is 19.3 Å². The van der Waals surface area contributed by atoms with Gasteiger partial charge in [-0.1, -0.05) is 24.6 Å². The van der Waals surface area contributed by atoms with Crippen molar-refractivity contribution >= 4 is 5.97 Å². The van der Waals surface area contributed by atoms with Crippen molar-refractivity contribution in [1.82, 2.24) is 0 Å². The minimum Gasteiger partial charge on any atom is -0.481 e. The van der Waals surface area contributed by atoms with E-state index in [0.29, 0.717) is 6.42 Å². The lowest BCUT2D eigenvalue weighted by Crippen LogP contribution is -2.40. The zero-order valence-electron chi connectivity index (χ0n) is 9.92. The molecule has 0 spiro atoms. The molecule has 0 radical (unpaired) electrons. The highest BCUT2D eigenvalue weighted by atomic mass is 16.4. The quantitative estimate of drug-likeness (QED) is 0.846. The van der Waals surface area contributed by atoms with Crippen LogP contribution in [0.15, 0.2) is 18.2 Å². The monoisotopic (exact) mass is 218 g/mol. The molecule has 2 heteroatoms. The maximum atomic E-state index is 11.3. The molecule has 1 aromatic rings. The first-order valence-electron chi connectivity index (χ1n) is 5.84. The third-order valence-corrected chi connectivity index (χ3v) is 3.92. The first-order valence-corrected chi connectivity index (χ1v) is 5.84. The molecular weight excluding hydrogens is 200 g/mol. The lowest BCUT2D eigenvalue weighted by atomic mass is 9.65. The van der Waals surface area contributed by atoms with E-state index in [9.17, 15) is 9.90 Å². The Labute approximate surface area is 96.3 Å². The minimum atomic E-state index is -0.624. The van der Waals surface area contributed by atoms with E-state index in [1.54, 1.807) is 0 Å². The van der Waals surface area contributed by atoms with Gasteiger partial charge < -0.3 is 5.11 Å². The van der Waals surface area contributed by atoms with Gasteiger partial charge in [-0.15, -0.1) is 0 Å². The van der Waals surface area contributed by atoms with Gasteiger partial charge in [-0.2, -0.15) is 0 Å². The molecule has 1 aliphatic rings. The van der Waals surface area contributed by atoms with Crippen molar-refractivity contribution in [1.29, 1.82) is 0 Å². The average Bonchev–Trinajstić information content (AvgIpc) is 2.14. The average molecular weight is 218 g/mol. The van der Waals surface area contributed by atoms with E-state index < -0.39 is 11.4 Å². The first-order chi connectivity index (χ1) is 7.55. The number of carboxylic acid groups (broad SMARTS) is 1. The van der Waals surface area contributed by atoms with Crippen LogP contribution < -0.4 is 0 Å². The van der Waals surface area contributed by atoms with Crippen molar-refractivity contribution in [3.63, 3.8) is 0 Å². The number of hydrogen-bond donors (Lipinski definition) is 1. The molecule has 2 rings (SSSR count). The molecule has 1 fully saturated rings. The van der Waals surface area contributed by atoms with Crippen molar-refractivity contribution in [2.45, 2.75) is 39.5 Å². The summed E-state index contributed by atoms with van der Waals surface area (Å²) in [6.07, 6.45) is 3.41. The third kappa shape index (κ3) is 1.73. The first kappa shape index (κ1) is 11.2. The molecule has 0 atom stereocenters. The Morgan fingerprint density at radius 1 is 1.31 bits per heavy atom. The molecular formula is C14H18O2. The highest BCUT2D eigenvalue weighted by molar-refractivity contribution is 5.76. The molecule has 0 heterocycles. The highest BCUT2D eigenvalue weighted by Gasteiger charge is 2.44. The van der Waals surface area contributed by atoms with Crippen LogP contribution >= 0.6 is 0 Å². The minimum absolute atomic E-state index is 0.475. The van der Waals surface area contributed by atoms with Gasteiger partial charge in [-0.05, 0) is 49.8 Å². The number of aliphatic carboxylic acids is 1. The maximum Gasteiger partial charge on any atom is 0.309 e. The number of carboxylic acids is 1. The fraction of sp³-hybridized carbons (Fsp3) is 0.500. The van der Waals surface area contributed by atoms with Gasteiger partial charge in [0.2, 0.25) is 0 Å². The van der Waals surface area contributed by atoms with Crippen LogP contribution in [0.3, 0.4) is 0 Å². The normalized spacial score (nSPS) is 17.9. The largest absolute Gasteiger partial charge is 0.481 e. The Morgan fingerprint density at radius 3 is 2.25 bits per heavy atom. The molecule has 16 heavy (non-hydrogen) atoms. The number of aryl methyl sites for hydroxylation is 2. The molecule has 0 aliphatic heterocycles. The third-order valence-electron chi connectivity index (χ3n) is 3.92. The summed E-state index contributed by atoms with van der Waals surface area (Å²) >= 11 is 0. The molecule has 1 aliphatic carbocycles.